The van der Waals surface area contributed by atoms with Crippen LogP contribution in [0.15, 0.2) is 0 Å². The number of hydrogen-bond acceptors (Lipinski definition) is 5. The van der Waals surface area contributed by atoms with Gasteiger partial charge in [0.25, 0.3) is 0 Å². The number of likely N-dealkylation sites (N-methyl/N-ethyl adjacent to an activating group) is 1. The van der Waals surface area contributed by atoms with Crippen molar-refractivity contribution in [3.05, 3.63) is 0 Å². The molecule has 7 fully saturated rings. The average molecular weight is 695 g/mol. The lowest BCUT2D eigenvalue weighted by molar-refractivity contribution is -0.251. The fourth-order valence-corrected chi connectivity index (χ4v) is 14.9. The van der Waals surface area contributed by atoms with Crippen LogP contribution in [0.3, 0.4) is 0 Å². The lowest BCUT2D eigenvalue weighted by atomic mass is 9.32. The second-order valence-electron chi connectivity index (χ2n) is 20.9. The number of carbonyl (C=O) groups excluding carboxylic acids is 2. The van der Waals surface area contributed by atoms with E-state index in [0.717, 1.165) is 70.2 Å². The minimum Gasteiger partial charge on any atom is -0.481 e. The molecule has 6 aliphatic carbocycles. The minimum absolute atomic E-state index is 0.0373. The number of carboxylic acids is 1. The lowest BCUT2D eigenvalue weighted by Crippen LogP contribution is -2.68. The van der Waals surface area contributed by atoms with Gasteiger partial charge in [0, 0.05) is 31.6 Å². The van der Waals surface area contributed by atoms with Crippen molar-refractivity contribution in [1.29, 1.82) is 0 Å². The topological polar surface area (TPSA) is 87.2 Å². The summed E-state index contributed by atoms with van der Waals surface area (Å²) < 4.78 is 6.30. The number of amides is 1. The van der Waals surface area contributed by atoms with Crippen LogP contribution in [0.25, 0.3) is 0 Å². The number of piperazine rings is 1. The molecule has 1 N–H and O–H groups in total. The third-order valence-electron chi connectivity index (χ3n) is 17.7. The van der Waals surface area contributed by atoms with Crippen molar-refractivity contribution >= 4 is 17.8 Å². The Bertz CT molecular complexity index is 1350. The maximum atomic E-state index is 14.9. The van der Waals surface area contributed by atoms with Gasteiger partial charge in [0.15, 0.2) is 0 Å². The molecule has 7 nitrogen and oxygen atoms in total. The van der Waals surface area contributed by atoms with E-state index in [9.17, 15) is 19.5 Å². The molecule has 0 spiro atoms. The molecule has 0 radical (unpaired) electrons. The van der Waals surface area contributed by atoms with Gasteiger partial charge in [-0.05, 0) is 141 Å². The van der Waals surface area contributed by atoms with Crippen LogP contribution in [0.2, 0.25) is 0 Å². The van der Waals surface area contributed by atoms with E-state index in [1.165, 1.54) is 51.4 Å². The molecule has 6 saturated carbocycles. The van der Waals surface area contributed by atoms with Crippen LogP contribution in [0.4, 0.5) is 0 Å². The highest BCUT2D eigenvalue weighted by molar-refractivity contribution is 5.84. The van der Waals surface area contributed by atoms with E-state index >= 15 is 0 Å². The van der Waals surface area contributed by atoms with Crippen LogP contribution >= 0.6 is 0 Å². The van der Waals surface area contributed by atoms with Gasteiger partial charge in [-0.1, -0.05) is 55.4 Å². The van der Waals surface area contributed by atoms with E-state index in [2.05, 4.69) is 51.3 Å². The number of ether oxygens (including phenoxy) is 1. The molecule has 50 heavy (non-hydrogen) atoms. The van der Waals surface area contributed by atoms with Crippen molar-refractivity contribution in [2.24, 2.45) is 68.0 Å². The van der Waals surface area contributed by atoms with Gasteiger partial charge >= 0.3 is 11.9 Å². The van der Waals surface area contributed by atoms with Gasteiger partial charge in [-0.15, -0.1) is 0 Å². The number of rotatable bonds is 8. The Morgan fingerprint density at radius 3 is 2.10 bits per heavy atom. The molecule has 0 unspecified atom stereocenters. The molecule has 7 heteroatoms. The predicted octanol–water partition coefficient (Wildman–Crippen LogP) is 8.44. The summed E-state index contributed by atoms with van der Waals surface area (Å²) in [5.41, 5.74) is -0.248. The molecule has 0 aromatic heterocycles. The quantitative estimate of drug-likeness (QED) is 0.257. The molecule has 0 bridgehead atoms. The second kappa shape index (κ2) is 12.5. The van der Waals surface area contributed by atoms with Crippen molar-refractivity contribution in [1.82, 2.24) is 9.80 Å². The average Bonchev–Trinajstić information content (AvgIpc) is 3.81. The Labute approximate surface area is 303 Å². The molecular formula is C43H70N2O5. The first-order chi connectivity index (χ1) is 23.4. The van der Waals surface area contributed by atoms with Crippen LogP contribution in [0, 0.1) is 68.0 Å². The zero-order valence-electron chi connectivity index (χ0n) is 33.0. The molecular weight excluding hydrogens is 624 g/mol. The maximum absolute atomic E-state index is 14.9. The first kappa shape index (κ1) is 36.7. The van der Waals surface area contributed by atoms with E-state index in [1.54, 1.807) is 0 Å². The van der Waals surface area contributed by atoms with Gasteiger partial charge in [-0.25, -0.2) is 0 Å². The van der Waals surface area contributed by atoms with E-state index in [1.807, 2.05) is 13.8 Å². The van der Waals surface area contributed by atoms with Gasteiger partial charge in [-0.2, -0.15) is 0 Å². The second-order valence-corrected chi connectivity index (χ2v) is 20.9. The molecule has 7 aliphatic rings. The van der Waals surface area contributed by atoms with E-state index in [-0.39, 0.29) is 52.0 Å². The standard InChI is InChI=1S/C43H70N2O5/c1-9-44-22-24-45(25-23-44)37(49)43-19-14-29(28-10-11-28)36(43)30-12-13-32-40(6)17-16-33(50-35(48)27-38(2,3)26-34(46)47)39(4,5)31(40)15-18-42(32,8)41(30,7)20-21-43/h28-33,36H,9-27H2,1-8H3,(H,46,47)/t29-,30+,31-,32+,33-,36+,40-,41+,42+,43-/m0/s1. The van der Waals surface area contributed by atoms with Crippen LogP contribution in [0.5, 0.6) is 0 Å². The number of aliphatic carboxylic acids is 1. The first-order valence-electron chi connectivity index (χ1n) is 20.8. The SMILES string of the molecule is CCN1CCN(C(=O)[C@]23CC[C@@H](C4CC4)[C@@H]2[C@H]2CC[C@@H]4[C@@]5(C)CC[C@H](OC(=O)CC(C)(C)CC(=O)O)C(C)(C)[C@@H]5CC[C@@]4(C)[C@]2(C)CC3)CC1. The summed E-state index contributed by atoms with van der Waals surface area (Å²) in [5, 5.41) is 9.35. The van der Waals surface area contributed by atoms with Gasteiger partial charge in [-0.3, -0.25) is 14.4 Å². The molecule has 282 valence electrons. The zero-order valence-corrected chi connectivity index (χ0v) is 33.0. The summed E-state index contributed by atoms with van der Waals surface area (Å²) in [7, 11) is 0. The smallest absolute Gasteiger partial charge is 0.306 e. The van der Waals surface area contributed by atoms with Crippen LogP contribution in [-0.2, 0) is 19.1 Å². The molecule has 1 heterocycles. The molecule has 1 saturated heterocycles. The highest BCUT2D eigenvalue weighted by Gasteiger charge is 2.73. The summed E-state index contributed by atoms with van der Waals surface area (Å²) in [4.78, 5) is 44.3. The number of hydrogen-bond donors (Lipinski definition) is 1. The molecule has 1 amide bonds. The molecule has 10 atom stereocenters. The van der Waals surface area contributed by atoms with Crippen molar-refractivity contribution in [2.75, 3.05) is 32.7 Å². The summed E-state index contributed by atoms with van der Waals surface area (Å²) in [5.74, 6) is 3.28. The number of fused-ring (bicyclic) bond motifs is 7. The number of carbonyl (C=O) groups is 3. The molecule has 0 aromatic carbocycles. The van der Waals surface area contributed by atoms with E-state index in [4.69, 9.17) is 4.74 Å². The predicted molar refractivity (Wildman–Crippen MR) is 196 cm³/mol. The van der Waals surface area contributed by atoms with Gasteiger partial charge in [0.1, 0.15) is 6.10 Å². The highest BCUT2D eigenvalue weighted by Crippen LogP contribution is 2.78. The van der Waals surface area contributed by atoms with Crippen molar-refractivity contribution in [3.63, 3.8) is 0 Å². The zero-order chi connectivity index (χ0) is 36.1. The number of nitrogens with zero attached hydrogens (tertiary/aromatic N) is 2. The Morgan fingerprint density at radius 2 is 1.46 bits per heavy atom. The highest BCUT2D eigenvalue weighted by atomic mass is 16.5. The molecule has 7 rings (SSSR count). The van der Waals surface area contributed by atoms with Gasteiger partial charge in [0.2, 0.25) is 5.91 Å². The molecule has 1 aliphatic heterocycles. The Kier molecular flexibility index (Phi) is 9.16. The summed E-state index contributed by atoms with van der Waals surface area (Å²) >= 11 is 0. The number of esters is 1. The van der Waals surface area contributed by atoms with Crippen LogP contribution in [-0.4, -0.2) is 71.6 Å². The number of carboxylic acid groups (broad SMARTS) is 1. The minimum atomic E-state index is -0.873. The normalized spacial score (nSPS) is 44.4. The third kappa shape index (κ3) is 5.62. The van der Waals surface area contributed by atoms with E-state index in [0.29, 0.717) is 29.6 Å². The summed E-state index contributed by atoms with van der Waals surface area (Å²) in [6, 6.07) is 0. The van der Waals surface area contributed by atoms with Gasteiger partial charge < -0.3 is 19.6 Å². The van der Waals surface area contributed by atoms with E-state index < -0.39 is 11.4 Å². The van der Waals surface area contributed by atoms with Crippen molar-refractivity contribution < 1.29 is 24.2 Å². The Morgan fingerprint density at radius 1 is 0.760 bits per heavy atom. The Hall–Kier alpha value is -1.63. The fourth-order valence-electron chi connectivity index (χ4n) is 14.9. The molecule has 0 aromatic rings. The Balaban J connectivity index is 1.12. The van der Waals surface area contributed by atoms with Crippen LogP contribution in [0.1, 0.15) is 145 Å². The first-order valence-corrected chi connectivity index (χ1v) is 20.8. The summed E-state index contributed by atoms with van der Waals surface area (Å²) in [6.07, 6.45) is 14.3. The summed E-state index contributed by atoms with van der Waals surface area (Å²) in [6.45, 7) is 23.6. The van der Waals surface area contributed by atoms with Gasteiger partial charge in [0.05, 0.1) is 18.3 Å². The monoisotopic (exact) mass is 695 g/mol. The maximum Gasteiger partial charge on any atom is 0.306 e. The fraction of sp³-hybridized carbons (Fsp3) is 0.930. The van der Waals surface area contributed by atoms with Crippen LogP contribution < -0.4 is 0 Å². The van der Waals surface area contributed by atoms with Crippen molar-refractivity contribution in [3.8, 4) is 0 Å². The largest absolute Gasteiger partial charge is 0.481 e. The van der Waals surface area contributed by atoms with Crippen molar-refractivity contribution in [2.45, 2.75) is 151 Å². The lowest BCUT2D eigenvalue weighted by Gasteiger charge is -2.73. The third-order valence-corrected chi connectivity index (χ3v) is 17.7.